The van der Waals surface area contributed by atoms with Crippen LogP contribution in [0.5, 0.6) is 0 Å². The van der Waals surface area contributed by atoms with Crippen molar-refractivity contribution in [2.24, 2.45) is 0 Å². The molecule has 92 valence electrons. The van der Waals surface area contributed by atoms with E-state index in [1.807, 2.05) is 0 Å². The van der Waals surface area contributed by atoms with Crippen LogP contribution in [0, 0.1) is 11.6 Å². The molecule has 3 nitrogen and oxygen atoms in total. The van der Waals surface area contributed by atoms with E-state index in [4.69, 9.17) is 4.74 Å². The number of rotatable bonds is 6. The highest BCUT2D eigenvalue weighted by atomic mass is 19.2. The van der Waals surface area contributed by atoms with Gasteiger partial charge >= 0.3 is 0 Å². The van der Waals surface area contributed by atoms with Crippen molar-refractivity contribution in [1.82, 2.24) is 0 Å². The van der Waals surface area contributed by atoms with E-state index in [1.165, 1.54) is 7.11 Å². The van der Waals surface area contributed by atoms with Gasteiger partial charge < -0.3 is 4.74 Å². The fourth-order valence-corrected chi connectivity index (χ4v) is 1.26. The van der Waals surface area contributed by atoms with E-state index in [9.17, 15) is 18.4 Å². The summed E-state index contributed by atoms with van der Waals surface area (Å²) in [4.78, 5) is 22.8. The van der Waals surface area contributed by atoms with Crippen LogP contribution >= 0.6 is 0 Å². The van der Waals surface area contributed by atoms with Crippen molar-refractivity contribution < 1.29 is 23.1 Å². The minimum absolute atomic E-state index is 0.00494. The number of methoxy groups -OCH3 is 1. The Bertz CT molecular complexity index is 430. The second-order valence-electron chi connectivity index (χ2n) is 3.51. The van der Waals surface area contributed by atoms with Gasteiger partial charge in [0.25, 0.3) is 0 Å². The summed E-state index contributed by atoms with van der Waals surface area (Å²) in [5, 5.41) is 0. The minimum atomic E-state index is -1.10. The number of carbonyl (C=O) groups is 2. The first kappa shape index (κ1) is 13.4. The van der Waals surface area contributed by atoms with Gasteiger partial charge in [0.1, 0.15) is 5.78 Å². The zero-order chi connectivity index (χ0) is 12.8. The summed E-state index contributed by atoms with van der Waals surface area (Å²) in [5.41, 5.74) is -0.00494. The molecule has 0 aliphatic carbocycles. The van der Waals surface area contributed by atoms with Crippen molar-refractivity contribution in [3.63, 3.8) is 0 Å². The van der Waals surface area contributed by atoms with E-state index in [-0.39, 0.29) is 30.8 Å². The Morgan fingerprint density at radius 2 is 1.94 bits per heavy atom. The van der Waals surface area contributed by atoms with E-state index >= 15 is 0 Å². The van der Waals surface area contributed by atoms with Gasteiger partial charge in [0.05, 0.1) is 13.0 Å². The number of benzene rings is 1. The molecule has 1 aromatic rings. The summed E-state index contributed by atoms with van der Waals surface area (Å²) < 4.78 is 30.2. The molecule has 0 fully saturated rings. The third-order valence-electron chi connectivity index (χ3n) is 2.18. The van der Waals surface area contributed by atoms with Gasteiger partial charge in [-0.05, 0) is 18.2 Å². The maximum Gasteiger partial charge on any atom is 0.170 e. The molecule has 0 N–H and O–H groups in total. The van der Waals surface area contributed by atoms with Gasteiger partial charge in [-0.25, -0.2) is 8.78 Å². The molecule has 0 spiro atoms. The van der Waals surface area contributed by atoms with E-state index in [0.717, 1.165) is 18.2 Å². The van der Waals surface area contributed by atoms with Crippen LogP contribution < -0.4 is 0 Å². The predicted octanol–water partition coefficient (Wildman–Crippen LogP) is 2.14. The zero-order valence-corrected chi connectivity index (χ0v) is 9.33. The van der Waals surface area contributed by atoms with E-state index in [0.29, 0.717) is 0 Å². The monoisotopic (exact) mass is 242 g/mol. The molecule has 1 rings (SSSR count). The first-order valence-corrected chi connectivity index (χ1v) is 5.03. The average Bonchev–Trinajstić information content (AvgIpc) is 2.30. The third-order valence-corrected chi connectivity index (χ3v) is 2.18. The molecule has 0 aliphatic heterocycles. The highest BCUT2D eigenvalue weighted by molar-refractivity contribution is 6.07. The largest absolute Gasteiger partial charge is 0.384 e. The molecule has 0 amide bonds. The molecule has 0 bridgehead atoms. The normalized spacial score (nSPS) is 10.3. The molecular weight excluding hydrogens is 230 g/mol. The second kappa shape index (κ2) is 6.20. The molecule has 0 saturated heterocycles. The molecule has 0 aromatic heterocycles. The van der Waals surface area contributed by atoms with Crippen LogP contribution in [0.15, 0.2) is 18.2 Å². The summed E-state index contributed by atoms with van der Waals surface area (Å²) in [5.74, 6) is -2.93. The Labute approximate surface area is 97.4 Å². The average molecular weight is 242 g/mol. The van der Waals surface area contributed by atoms with Gasteiger partial charge in [-0.1, -0.05) is 0 Å². The Kier molecular flexibility index (Phi) is 4.90. The number of hydrogen-bond acceptors (Lipinski definition) is 3. The van der Waals surface area contributed by atoms with Gasteiger partial charge in [0, 0.05) is 19.1 Å². The molecule has 5 heteroatoms. The molecule has 0 heterocycles. The third kappa shape index (κ3) is 4.03. The molecular formula is C12H12F2O3. The topological polar surface area (TPSA) is 43.4 Å². The van der Waals surface area contributed by atoms with Crippen LogP contribution in [0.25, 0.3) is 0 Å². The maximum absolute atomic E-state index is 12.8. The van der Waals surface area contributed by atoms with Crippen molar-refractivity contribution in [3.8, 4) is 0 Å². The molecule has 0 aliphatic rings. The lowest BCUT2D eigenvalue weighted by Crippen LogP contribution is -2.10. The SMILES string of the molecule is COCCC(=O)CC(=O)c1ccc(F)c(F)c1. The van der Waals surface area contributed by atoms with Crippen molar-refractivity contribution in [2.75, 3.05) is 13.7 Å². The molecule has 0 saturated carbocycles. The molecule has 0 radical (unpaired) electrons. The van der Waals surface area contributed by atoms with Crippen LogP contribution in [0.2, 0.25) is 0 Å². The number of carbonyl (C=O) groups excluding carboxylic acids is 2. The van der Waals surface area contributed by atoms with Gasteiger partial charge in [-0.3, -0.25) is 9.59 Å². The molecule has 0 unspecified atom stereocenters. The van der Waals surface area contributed by atoms with Crippen LogP contribution in [-0.4, -0.2) is 25.3 Å². The Morgan fingerprint density at radius 3 is 2.53 bits per heavy atom. The minimum Gasteiger partial charge on any atom is -0.384 e. The van der Waals surface area contributed by atoms with E-state index in [1.54, 1.807) is 0 Å². The number of Topliss-reactive ketones (excluding diaryl/α,β-unsaturated/α-hetero) is 2. The van der Waals surface area contributed by atoms with E-state index < -0.39 is 17.4 Å². The highest BCUT2D eigenvalue weighted by Crippen LogP contribution is 2.11. The van der Waals surface area contributed by atoms with Gasteiger partial charge in [-0.15, -0.1) is 0 Å². The highest BCUT2D eigenvalue weighted by Gasteiger charge is 2.13. The summed E-state index contributed by atoms with van der Waals surface area (Å²) >= 11 is 0. The smallest absolute Gasteiger partial charge is 0.170 e. The zero-order valence-electron chi connectivity index (χ0n) is 9.33. The summed E-state index contributed by atoms with van der Waals surface area (Å²) in [7, 11) is 1.45. The van der Waals surface area contributed by atoms with Crippen molar-refractivity contribution in [3.05, 3.63) is 35.4 Å². The lowest BCUT2D eigenvalue weighted by molar-refractivity contribution is -0.119. The van der Waals surface area contributed by atoms with Crippen LogP contribution in [0.3, 0.4) is 0 Å². The predicted molar refractivity (Wildman–Crippen MR) is 56.8 cm³/mol. The fourth-order valence-electron chi connectivity index (χ4n) is 1.26. The van der Waals surface area contributed by atoms with Crippen LogP contribution in [0.1, 0.15) is 23.2 Å². The number of hydrogen-bond donors (Lipinski definition) is 0. The Morgan fingerprint density at radius 1 is 1.24 bits per heavy atom. The summed E-state index contributed by atoms with van der Waals surface area (Å²) in [6.45, 7) is 0.240. The number of ketones is 2. The quantitative estimate of drug-likeness (QED) is 0.567. The standard InChI is InChI=1S/C12H12F2O3/c1-17-5-4-9(15)7-12(16)8-2-3-10(13)11(14)6-8/h2-3,6H,4-5,7H2,1H3. The second-order valence-corrected chi connectivity index (χ2v) is 3.51. The van der Waals surface area contributed by atoms with E-state index in [2.05, 4.69) is 0 Å². The lowest BCUT2D eigenvalue weighted by Gasteiger charge is -2.01. The summed E-state index contributed by atoms with van der Waals surface area (Å²) in [6.07, 6.45) is -0.194. The van der Waals surface area contributed by atoms with Crippen LogP contribution in [-0.2, 0) is 9.53 Å². The van der Waals surface area contributed by atoms with Gasteiger partial charge in [-0.2, -0.15) is 0 Å². The Balaban J connectivity index is 2.63. The molecule has 17 heavy (non-hydrogen) atoms. The van der Waals surface area contributed by atoms with Crippen molar-refractivity contribution in [1.29, 1.82) is 0 Å². The van der Waals surface area contributed by atoms with Crippen molar-refractivity contribution >= 4 is 11.6 Å². The number of halogens is 2. The Hall–Kier alpha value is -1.62. The van der Waals surface area contributed by atoms with Gasteiger partial charge in [0.2, 0.25) is 0 Å². The lowest BCUT2D eigenvalue weighted by atomic mass is 10.0. The maximum atomic E-state index is 12.8. The first-order valence-electron chi connectivity index (χ1n) is 5.03. The molecule has 1 aromatic carbocycles. The summed E-state index contributed by atoms with van der Waals surface area (Å²) in [6, 6.07) is 2.81. The fraction of sp³-hybridized carbons (Fsp3) is 0.333. The van der Waals surface area contributed by atoms with Crippen LogP contribution in [0.4, 0.5) is 8.78 Å². The molecule has 0 atom stereocenters. The van der Waals surface area contributed by atoms with Gasteiger partial charge in [0.15, 0.2) is 17.4 Å². The number of ether oxygens (including phenoxy) is 1. The van der Waals surface area contributed by atoms with Crippen molar-refractivity contribution in [2.45, 2.75) is 12.8 Å². The first-order chi connectivity index (χ1) is 8.04.